The van der Waals surface area contributed by atoms with Crippen LogP contribution in [0.3, 0.4) is 0 Å². The van der Waals surface area contributed by atoms with E-state index in [9.17, 15) is 0 Å². The Morgan fingerprint density at radius 3 is 2.07 bits per heavy atom. The van der Waals surface area contributed by atoms with Gasteiger partial charge in [0.15, 0.2) is 0 Å². The van der Waals surface area contributed by atoms with Crippen molar-refractivity contribution < 1.29 is 0 Å². The van der Waals surface area contributed by atoms with Gasteiger partial charge in [-0.1, -0.05) is 12.2 Å². The number of anilines is 1. The van der Waals surface area contributed by atoms with Gasteiger partial charge in [0.05, 0.1) is 11.6 Å². The third kappa shape index (κ3) is 2.99. The minimum Gasteiger partial charge on any atom is -0.364 e. The number of hydrogen-bond acceptors (Lipinski definition) is 2. The number of rotatable bonds is 5. The molecule has 1 aromatic carbocycles. The first-order valence-electron chi connectivity index (χ1n) is 4.78. The molecule has 0 bridgehead atoms. The van der Waals surface area contributed by atoms with E-state index in [0.29, 0.717) is 5.56 Å². The molecule has 1 rings (SSSR count). The number of nitrogens with zero attached hydrogens (tertiary/aromatic N) is 2. The minimum atomic E-state index is 0.677. The first-order valence-corrected chi connectivity index (χ1v) is 4.78. The highest BCUT2D eigenvalue weighted by molar-refractivity contribution is 5.50. The van der Waals surface area contributed by atoms with E-state index in [1.807, 2.05) is 36.4 Å². The Kier molecular flexibility index (Phi) is 4.18. The van der Waals surface area contributed by atoms with Crippen molar-refractivity contribution >= 4 is 5.69 Å². The van der Waals surface area contributed by atoms with E-state index in [2.05, 4.69) is 24.1 Å². The van der Waals surface area contributed by atoms with Crippen LogP contribution in [0.5, 0.6) is 0 Å². The van der Waals surface area contributed by atoms with Crippen molar-refractivity contribution in [2.75, 3.05) is 18.0 Å². The Balaban J connectivity index is 2.86. The molecule has 0 spiro atoms. The van der Waals surface area contributed by atoms with E-state index >= 15 is 0 Å². The first-order chi connectivity index (χ1) is 7.31. The van der Waals surface area contributed by atoms with Gasteiger partial charge in [-0.15, -0.1) is 13.2 Å². The van der Waals surface area contributed by atoms with Crippen LogP contribution in [-0.4, -0.2) is 13.1 Å². The second-order valence-corrected chi connectivity index (χ2v) is 3.14. The molecule has 15 heavy (non-hydrogen) atoms. The summed E-state index contributed by atoms with van der Waals surface area (Å²) in [5.74, 6) is 0. The van der Waals surface area contributed by atoms with Crippen molar-refractivity contribution in [3.8, 4) is 6.07 Å². The fourth-order valence-corrected chi connectivity index (χ4v) is 1.34. The second kappa shape index (κ2) is 5.66. The van der Waals surface area contributed by atoms with Crippen LogP contribution in [0.1, 0.15) is 5.56 Å². The summed E-state index contributed by atoms with van der Waals surface area (Å²) in [5.41, 5.74) is 1.75. The molecule has 0 aliphatic carbocycles. The van der Waals surface area contributed by atoms with Gasteiger partial charge in [0.2, 0.25) is 0 Å². The zero-order valence-corrected chi connectivity index (χ0v) is 8.69. The van der Waals surface area contributed by atoms with Gasteiger partial charge in [-0.25, -0.2) is 0 Å². The number of nitriles is 1. The van der Waals surface area contributed by atoms with Gasteiger partial charge in [-0.2, -0.15) is 5.26 Å². The Morgan fingerprint density at radius 1 is 1.13 bits per heavy atom. The third-order valence-corrected chi connectivity index (χ3v) is 2.06. The van der Waals surface area contributed by atoms with Crippen LogP contribution in [0.15, 0.2) is 49.6 Å². The molecule has 0 radical (unpaired) electrons. The van der Waals surface area contributed by atoms with Gasteiger partial charge >= 0.3 is 0 Å². The monoisotopic (exact) mass is 198 g/mol. The molecule has 0 N–H and O–H groups in total. The Bertz CT molecular complexity index is 361. The molecule has 0 fully saturated rings. The highest BCUT2D eigenvalue weighted by atomic mass is 15.1. The maximum absolute atomic E-state index is 8.68. The van der Waals surface area contributed by atoms with Gasteiger partial charge in [-0.3, -0.25) is 0 Å². The summed E-state index contributed by atoms with van der Waals surface area (Å²) in [6.45, 7) is 8.98. The van der Waals surface area contributed by atoms with Crippen molar-refractivity contribution in [3.63, 3.8) is 0 Å². The van der Waals surface area contributed by atoms with Crippen LogP contribution in [0, 0.1) is 11.3 Å². The fraction of sp³-hybridized carbons (Fsp3) is 0.154. The van der Waals surface area contributed by atoms with Crippen molar-refractivity contribution in [3.05, 3.63) is 55.1 Å². The molecule has 2 nitrogen and oxygen atoms in total. The maximum Gasteiger partial charge on any atom is 0.0991 e. The van der Waals surface area contributed by atoms with E-state index in [0.717, 1.165) is 18.8 Å². The highest BCUT2D eigenvalue weighted by Gasteiger charge is 2.01. The van der Waals surface area contributed by atoms with Crippen LogP contribution in [0.2, 0.25) is 0 Å². The molecule has 0 saturated carbocycles. The molecular weight excluding hydrogens is 184 g/mol. The molecule has 76 valence electrons. The van der Waals surface area contributed by atoms with E-state index < -0.39 is 0 Å². The standard InChI is InChI=1S/C13H14N2/c1-3-9-15(10-4-2)13-7-5-12(11-14)6-8-13/h3-8H,1-2,9-10H2. The van der Waals surface area contributed by atoms with Crippen molar-refractivity contribution in [2.45, 2.75) is 0 Å². The topological polar surface area (TPSA) is 27.0 Å². The molecule has 0 saturated heterocycles. The van der Waals surface area contributed by atoms with Crippen LogP contribution >= 0.6 is 0 Å². The lowest BCUT2D eigenvalue weighted by molar-refractivity contribution is 0.957. The summed E-state index contributed by atoms with van der Waals surface area (Å²) in [6, 6.07) is 9.60. The lowest BCUT2D eigenvalue weighted by Gasteiger charge is -2.21. The van der Waals surface area contributed by atoms with Crippen LogP contribution in [-0.2, 0) is 0 Å². The Labute approximate surface area is 90.8 Å². The van der Waals surface area contributed by atoms with Crippen LogP contribution in [0.4, 0.5) is 5.69 Å². The van der Waals surface area contributed by atoms with Gasteiger partial charge in [0, 0.05) is 18.8 Å². The zero-order chi connectivity index (χ0) is 11.1. The van der Waals surface area contributed by atoms with Gasteiger partial charge in [0.1, 0.15) is 0 Å². The summed E-state index contributed by atoms with van der Waals surface area (Å²) in [5, 5.41) is 8.68. The normalized spacial score (nSPS) is 9.00. The first kappa shape index (κ1) is 11.1. The van der Waals surface area contributed by atoms with Crippen molar-refractivity contribution in [1.29, 1.82) is 5.26 Å². The molecule has 0 amide bonds. The van der Waals surface area contributed by atoms with Crippen LogP contribution < -0.4 is 4.90 Å². The number of benzene rings is 1. The molecule has 0 aliphatic rings. The Hall–Kier alpha value is -2.01. The predicted octanol–water partition coefficient (Wildman–Crippen LogP) is 2.74. The SMILES string of the molecule is C=CCN(CC=C)c1ccc(C#N)cc1. The molecule has 0 unspecified atom stereocenters. The predicted molar refractivity (Wildman–Crippen MR) is 63.8 cm³/mol. The average Bonchev–Trinajstić information content (AvgIpc) is 2.29. The summed E-state index contributed by atoms with van der Waals surface area (Å²) < 4.78 is 0. The highest BCUT2D eigenvalue weighted by Crippen LogP contribution is 2.14. The molecular formula is C13H14N2. The Morgan fingerprint density at radius 2 is 1.67 bits per heavy atom. The lowest BCUT2D eigenvalue weighted by atomic mass is 10.2. The lowest BCUT2D eigenvalue weighted by Crippen LogP contribution is -2.22. The van der Waals surface area contributed by atoms with Crippen molar-refractivity contribution in [2.24, 2.45) is 0 Å². The number of hydrogen-bond donors (Lipinski definition) is 0. The van der Waals surface area contributed by atoms with E-state index in [-0.39, 0.29) is 0 Å². The molecule has 0 atom stereocenters. The second-order valence-electron chi connectivity index (χ2n) is 3.14. The third-order valence-electron chi connectivity index (χ3n) is 2.06. The largest absolute Gasteiger partial charge is 0.364 e. The quantitative estimate of drug-likeness (QED) is 0.680. The summed E-state index contributed by atoms with van der Waals surface area (Å²) in [6.07, 6.45) is 3.70. The molecule has 2 heteroatoms. The fourth-order valence-electron chi connectivity index (χ4n) is 1.34. The van der Waals surface area contributed by atoms with Crippen molar-refractivity contribution in [1.82, 2.24) is 0 Å². The smallest absolute Gasteiger partial charge is 0.0991 e. The average molecular weight is 198 g/mol. The summed E-state index contributed by atoms with van der Waals surface area (Å²) in [4.78, 5) is 2.13. The van der Waals surface area contributed by atoms with Gasteiger partial charge in [-0.05, 0) is 24.3 Å². The molecule has 0 heterocycles. The minimum absolute atomic E-state index is 0.677. The molecule has 1 aromatic rings. The van der Waals surface area contributed by atoms with Gasteiger partial charge in [0.25, 0.3) is 0 Å². The maximum atomic E-state index is 8.68. The summed E-state index contributed by atoms with van der Waals surface area (Å²) >= 11 is 0. The van der Waals surface area contributed by atoms with E-state index in [1.54, 1.807) is 0 Å². The van der Waals surface area contributed by atoms with E-state index in [1.165, 1.54) is 0 Å². The summed E-state index contributed by atoms with van der Waals surface area (Å²) in [7, 11) is 0. The molecule has 0 aliphatic heterocycles. The zero-order valence-electron chi connectivity index (χ0n) is 8.69. The van der Waals surface area contributed by atoms with Gasteiger partial charge < -0.3 is 4.90 Å². The van der Waals surface area contributed by atoms with Crippen LogP contribution in [0.25, 0.3) is 0 Å². The molecule has 0 aromatic heterocycles. The van der Waals surface area contributed by atoms with E-state index in [4.69, 9.17) is 5.26 Å².